The van der Waals surface area contributed by atoms with Crippen LogP contribution in [0.5, 0.6) is 11.5 Å². The van der Waals surface area contributed by atoms with E-state index < -0.39 is 0 Å². The largest absolute Gasteiger partial charge is 0.493 e. The molecule has 0 radical (unpaired) electrons. The molecular formula is C24H28N4O3. The molecule has 0 saturated carbocycles. The average molecular weight is 421 g/mol. The standard InChI is InChI=1S/C24H28N4O3/c1-4-31-21-15-18(11-12-20(21)30-3)24(29)25-19-14-17(10-9-16(19)2)23-27-26-22-8-6-5-7-13-28(22)23/h9-12,14-15H,4-8,13H2,1-3H3,(H,25,29). The van der Waals surface area contributed by atoms with Crippen LogP contribution in [0.15, 0.2) is 36.4 Å². The molecule has 3 aromatic rings. The van der Waals surface area contributed by atoms with Crippen LogP contribution in [0.3, 0.4) is 0 Å². The molecule has 0 unspecified atom stereocenters. The monoisotopic (exact) mass is 420 g/mol. The van der Waals surface area contributed by atoms with Crippen molar-refractivity contribution in [3.05, 3.63) is 53.3 Å². The molecule has 31 heavy (non-hydrogen) atoms. The van der Waals surface area contributed by atoms with Gasteiger partial charge in [0, 0.05) is 29.8 Å². The molecule has 0 saturated heterocycles. The maximum atomic E-state index is 13.0. The average Bonchev–Trinajstić information content (AvgIpc) is 3.03. The summed E-state index contributed by atoms with van der Waals surface area (Å²) in [5.74, 6) is 2.85. The zero-order valence-corrected chi connectivity index (χ0v) is 18.3. The Morgan fingerprint density at radius 1 is 1.10 bits per heavy atom. The van der Waals surface area contributed by atoms with E-state index in [9.17, 15) is 4.79 Å². The minimum Gasteiger partial charge on any atom is -0.493 e. The molecule has 0 fully saturated rings. The van der Waals surface area contributed by atoms with Gasteiger partial charge in [-0.3, -0.25) is 4.79 Å². The van der Waals surface area contributed by atoms with Gasteiger partial charge < -0.3 is 19.4 Å². The summed E-state index contributed by atoms with van der Waals surface area (Å²) in [4.78, 5) is 13.0. The second kappa shape index (κ2) is 9.20. The second-order valence-corrected chi connectivity index (χ2v) is 7.68. The van der Waals surface area contributed by atoms with Gasteiger partial charge in [0.15, 0.2) is 17.3 Å². The van der Waals surface area contributed by atoms with Crippen molar-refractivity contribution in [3.8, 4) is 22.9 Å². The van der Waals surface area contributed by atoms with Crippen molar-refractivity contribution in [1.82, 2.24) is 14.8 Å². The number of carbonyl (C=O) groups is 1. The Balaban J connectivity index is 1.61. The number of hydrogen-bond acceptors (Lipinski definition) is 5. The highest BCUT2D eigenvalue weighted by Gasteiger charge is 2.18. The summed E-state index contributed by atoms with van der Waals surface area (Å²) in [6, 6.07) is 11.2. The molecule has 1 aliphatic heterocycles. The summed E-state index contributed by atoms with van der Waals surface area (Å²) < 4.78 is 13.1. The minimum atomic E-state index is -0.205. The number of nitrogens with one attached hydrogen (secondary N) is 1. The molecule has 1 aromatic heterocycles. The zero-order chi connectivity index (χ0) is 21.8. The first-order valence-electron chi connectivity index (χ1n) is 10.8. The molecule has 1 N–H and O–H groups in total. The number of hydrogen-bond donors (Lipinski definition) is 1. The third kappa shape index (κ3) is 4.40. The van der Waals surface area contributed by atoms with Gasteiger partial charge in [-0.1, -0.05) is 18.6 Å². The molecule has 1 amide bonds. The van der Waals surface area contributed by atoms with Gasteiger partial charge in [-0.25, -0.2) is 0 Å². The number of benzene rings is 2. The number of aryl methyl sites for hydroxylation is 2. The van der Waals surface area contributed by atoms with Crippen LogP contribution in [-0.2, 0) is 13.0 Å². The Bertz CT molecular complexity index is 1090. The minimum absolute atomic E-state index is 0.205. The molecule has 2 heterocycles. The van der Waals surface area contributed by atoms with Gasteiger partial charge in [-0.05, 0) is 56.5 Å². The normalized spacial score (nSPS) is 13.3. The van der Waals surface area contributed by atoms with Crippen molar-refractivity contribution < 1.29 is 14.3 Å². The predicted octanol–water partition coefficient (Wildman–Crippen LogP) is 4.64. The first kappa shape index (κ1) is 20.9. The molecule has 0 spiro atoms. The highest BCUT2D eigenvalue weighted by molar-refractivity contribution is 6.05. The topological polar surface area (TPSA) is 78.3 Å². The molecule has 0 atom stereocenters. The molecule has 162 valence electrons. The second-order valence-electron chi connectivity index (χ2n) is 7.68. The number of rotatable bonds is 6. The summed E-state index contributed by atoms with van der Waals surface area (Å²) in [6.45, 7) is 5.29. The lowest BCUT2D eigenvalue weighted by Crippen LogP contribution is -2.13. The van der Waals surface area contributed by atoms with E-state index in [-0.39, 0.29) is 5.91 Å². The van der Waals surface area contributed by atoms with E-state index in [1.807, 2.05) is 32.0 Å². The number of methoxy groups -OCH3 is 1. The van der Waals surface area contributed by atoms with Gasteiger partial charge in [-0.2, -0.15) is 0 Å². The smallest absolute Gasteiger partial charge is 0.255 e. The van der Waals surface area contributed by atoms with Crippen molar-refractivity contribution in [2.24, 2.45) is 0 Å². The summed E-state index contributed by atoms with van der Waals surface area (Å²) in [5.41, 5.74) is 3.19. The maximum Gasteiger partial charge on any atom is 0.255 e. The Kier molecular flexibility index (Phi) is 6.21. The lowest BCUT2D eigenvalue weighted by molar-refractivity contribution is 0.102. The molecule has 4 rings (SSSR count). The fourth-order valence-electron chi connectivity index (χ4n) is 3.88. The van der Waals surface area contributed by atoms with Crippen LogP contribution in [0.1, 0.15) is 47.9 Å². The highest BCUT2D eigenvalue weighted by atomic mass is 16.5. The molecule has 7 heteroatoms. The molecule has 1 aliphatic rings. The third-order valence-corrected chi connectivity index (χ3v) is 5.58. The summed E-state index contributed by atoms with van der Waals surface area (Å²) in [7, 11) is 1.58. The van der Waals surface area contributed by atoms with Crippen LogP contribution in [0, 0.1) is 6.92 Å². The van der Waals surface area contributed by atoms with Crippen molar-refractivity contribution in [2.45, 2.75) is 46.1 Å². The Morgan fingerprint density at radius 2 is 1.97 bits per heavy atom. The van der Waals surface area contributed by atoms with Crippen LogP contribution in [0.25, 0.3) is 11.4 Å². The number of aromatic nitrogens is 3. The Morgan fingerprint density at radius 3 is 2.77 bits per heavy atom. The number of nitrogens with zero attached hydrogens (tertiary/aromatic N) is 3. The fourth-order valence-corrected chi connectivity index (χ4v) is 3.88. The van der Waals surface area contributed by atoms with Crippen molar-refractivity contribution in [1.29, 1.82) is 0 Å². The van der Waals surface area contributed by atoms with Gasteiger partial charge in [0.2, 0.25) is 0 Å². The van der Waals surface area contributed by atoms with Gasteiger partial charge >= 0.3 is 0 Å². The molecule has 0 aliphatic carbocycles. The summed E-state index contributed by atoms with van der Waals surface area (Å²) >= 11 is 0. The Hall–Kier alpha value is -3.35. The van der Waals surface area contributed by atoms with Crippen LogP contribution in [0.2, 0.25) is 0 Å². The van der Waals surface area contributed by atoms with E-state index in [0.29, 0.717) is 23.7 Å². The van der Waals surface area contributed by atoms with E-state index in [0.717, 1.165) is 54.3 Å². The highest BCUT2D eigenvalue weighted by Crippen LogP contribution is 2.30. The van der Waals surface area contributed by atoms with Crippen molar-refractivity contribution in [2.75, 3.05) is 19.0 Å². The fraction of sp³-hybridized carbons (Fsp3) is 0.375. The van der Waals surface area contributed by atoms with Gasteiger partial charge in [-0.15, -0.1) is 10.2 Å². The SMILES string of the molecule is CCOc1cc(C(=O)Nc2cc(-c3nnc4n3CCCCC4)ccc2C)ccc1OC. The molecule has 7 nitrogen and oxygen atoms in total. The van der Waals surface area contributed by atoms with E-state index in [2.05, 4.69) is 20.1 Å². The van der Waals surface area contributed by atoms with Crippen molar-refractivity contribution >= 4 is 11.6 Å². The van der Waals surface area contributed by atoms with E-state index in [1.54, 1.807) is 25.3 Å². The van der Waals surface area contributed by atoms with E-state index in [1.165, 1.54) is 6.42 Å². The number of ether oxygens (including phenoxy) is 2. The third-order valence-electron chi connectivity index (χ3n) is 5.58. The number of carbonyl (C=O) groups excluding carboxylic acids is 1. The predicted molar refractivity (Wildman–Crippen MR) is 120 cm³/mol. The zero-order valence-electron chi connectivity index (χ0n) is 18.3. The lowest BCUT2D eigenvalue weighted by atomic mass is 10.1. The lowest BCUT2D eigenvalue weighted by Gasteiger charge is -2.13. The van der Waals surface area contributed by atoms with Gasteiger partial charge in [0.1, 0.15) is 5.82 Å². The van der Waals surface area contributed by atoms with Gasteiger partial charge in [0.25, 0.3) is 5.91 Å². The summed E-state index contributed by atoms with van der Waals surface area (Å²) in [5, 5.41) is 11.9. The van der Waals surface area contributed by atoms with E-state index in [4.69, 9.17) is 9.47 Å². The van der Waals surface area contributed by atoms with Crippen LogP contribution in [-0.4, -0.2) is 34.4 Å². The van der Waals surface area contributed by atoms with Gasteiger partial charge in [0.05, 0.1) is 13.7 Å². The number of fused-ring (bicyclic) bond motifs is 1. The number of amides is 1. The maximum absolute atomic E-state index is 13.0. The van der Waals surface area contributed by atoms with Crippen LogP contribution < -0.4 is 14.8 Å². The summed E-state index contributed by atoms with van der Waals surface area (Å²) in [6.07, 6.45) is 4.46. The van der Waals surface area contributed by atoms with E-state index >= 15 is 0 Å². The van der Waals surface area contributed by atoms with Crippen LogP contribution >= 0.6 is 0 Å². The molecular weight excluding hydrogens is 392 g/mol. The number of anilines is 1. The quantitative estimate of drug-likeness (QED) is 0.629. The van der Waals surface area contributed by atoms with Crippen molar-refractivity contribution in [3.63, 3.8) is 0 Å². The first-order valence-corrected chi connectivity index (χ1v) is 10.8. The molecule has 0 bridgehead atoms. The van der Waals surface area contributed by atoms with Crippen LogP contribution in [0.4, 0.5) is 5.69 Å². The Labute approximate surface area is 182 Å². The first-order chi connectivity index (χ1) is 15.1. The molecule has 2 aromatic carbocycles.